The van der Waals surface area contributed by atoms with E-state index in [1.165, 1.54) is 0 Å². The van der Waals surface area contributed by atoms with Crippen molar-refractivity contribution < 1.29 is 4.79 Å². The van der Waals surface area contributed by atoms with Gasteiger partial charge in [0.05, 0.1) is 5.92 Å². The Bertz CT molecular complexity index is 534. The maximum Gasteiger partial charge on any atom is 0.227 e. The Kier molecular flexibility index (Phi) is 4.18. The summed E-state index contributed by atoms with van der Waals surface area (Å²) in [4.78, 5) is 12.0. The summed E-state index contributed by atoms with van der Waals surface area (Å²) in [6, 6.07) is 17.3. The van der Waals surface area contributed by atoms with Gasteiger partial charge < -0.3 is 11.1 Å². The highest BCUT2D eigenvalue weighted by molar-refractivity contribution is 5.83. The van der Waals surface area contributed by atoms with Gasteiger partial charge in [-0.05, 0) is 30.2 Å². The van der Waals surface area contributed by atoms with Crippen molar-refractivity contribution in [3.63, 3.8) is 0 Å². The molecule has 98 valence electrons. The number of amides is 1. The molecule has 0 spiro atoms. The van der Waals surface area contributed by atoms with E-state index in [1.807, 2.05) is 61.5 Å². The fraction of sp³-hybridized carbons (Fsp3) is 0.188. The number of nitrogen functional groups attached to an aromatic ring is 1. The van der Waals surface area contributed by atoms with Crippen LogP contribution < -0.4 is 11.1 Å². The average molecular weight is 254 g/mol. The highest BCUT2D eigenvalue weighted by Crippen LogP contribution is 2.14. The molecule has 2 aromatic carbocycles. The van der Waals surface area contributed by atoms with E-state index in [2.05, 4.69) is 5.32 Å². The van der Waals surface area contributed by atoms with Gasteiger partial charge in [0.2, 0.25) is 5.91 Å². The molecule has 0 bridgehead atoms. The number of nitrogens with one attached hydrogen (secondary N) is 1. The number of carbonyl (C=O) groups excluding carboxylic acids is 1. The first-order valence-corrected chi connectivity index (χ1v) is 6.34. The Morgan fingerprint density at radius 3 is 2.37 bits per heavy atom. The van der Waals surface area contributed by atoms with Crippen LogP contribution in [0.3, 0.4) is 0 Å². The van der Waals surface area contributed by atoms with Crippen molar-refractivity contribution in [1.29, 1.82) is 0 Å². The molecule has 0 saturated carbocycles. The molecule has 1 atom stereocenters. The van der Waals surface area contributed by atoms with Crippen molar-refractivity contribution in [3.8, 4) is 0 Å². The summed E-state index contributed by atoms with van der Waals surface area (Å²) in [5, 5.41) is 2.94. The topological polar surface area (TPSA) is 55.1 Å². The molecule has 0 aromatic heterocycles. The lowest BCUT2D eigenvalue weighted by atomic mass is 10.0. The summed E-state index contributed by atoms with van der Waals surface area (Å²) in [6.07, 6.45) is 0. The third-order valence-electron chi connectivity index (χ3n) is 3.14. The van der Waals surface area contributed by atoms with Crippen LogP contribution in [0.2, 0.25) is 0 Å². The molecule has 19 heavy (non-hydrogen) atoms. The summed E-state index contributed by atoms with van der Waals surface area (Å²) in [7, 11) is 0. The highest BCUT2D eigenvalue weighted by Gasteiger charge is 2.13. The second-order valence-corrected chi connectivity index (χ2v) is 4.59. The fourth-order valence-corrected chi connectivity index (χ4v) is 1.87. The Labute approximate surface area is 113 Å². The zero-order chi connectivity index (χ0) is 13.7. The normalized spacial score (nSPS) is 11.8. The van der Waals surface area contributed by atoms with Crippen LogP contribution in [0.5, 0.6) is 0 Å². The van der Waals surface area contributed by atoms with Crippen LogP contribution >= 0.6 is 0 Å². The van der Waals surface area contributed by atoms with Gasteiger partial charge in [-0.1, -0.05) is 42.5 Å². The van der Waals surface area contributed by atoms with Gasteiger partial charge in [-0.3, -0.25) is 4.79 Å². The molecule has 2 aromatic rings. The molecule has 1 unspecified atom stereocenters. The first kappa shape index (κ1) is 13.1. The molecule has 3 nitrogen and oxygen atoms in total. The lowest BCUT2D eigenvalue weighted by Gasteiger charge is -2.12. The lowest BCUT2D eigenvalue weighted by molar-refractivity contribution is -0.122. The van der Waals surface area contributed by atoms with E-state index in [9.17, 15) is 4.79 Å². The van der Waals surface area contributed by atoms with Gasteiger partial charge in [-0.15, -0.1) is 0 Å². The molecule has 0 radical (unpaired) electrons. The number of nitrogens with two attached hydrogens (primary N) is 1. The van der Waals surface area contributed by atoms with Gasteiger partial charge in [0.1, 0.15) is 0 Å². The van der Waals surface area contributed by atoms with Gasteiger partial charge in [0.15, 0.2) is 0 Å². The molecule has 0 saturated heterocycles. The second-order valence-electron chi connectivity index (χ2n) is 4.59. The Hall–Kier alpha value is -2.29. The zero-order valence-electron chi connectivity index (χ0n) is 11.0. The molecule has 2 rings (SSSR count). The maximum absolute atomic E-state index is 12.0. The average Bonchev–Trinajstić information content (AvgIpc) is 2.46. The van der Waals surface area contributed by atoms with Crippen LogP contribution in [0.25, 0.3) is 0 Å². The molecule has 0 aliphatic rings. The molecular weight excluding hydrogens is 236 g/mol. The van der Waals surface area contributed by atoms with Gasteiger partial charge in [0.25, 0.3) is 0 Å². The Morgan fingerprint density at radius 1 is 1.11 bits per heavy atom. The summed E-state index contributed by atoms with van der Waals surface area (Å²) < 4.78 is 0. The van der Waals surface area contributed by atoms with Crippen molar-refractivity contribution in [1.82, 2.24) is 5.32 Å². The summed E-state index contributed by atoms with van der Waals surface area (Å²) >= 11 is 0. The molecular formula is C16H18N2O. The lowest BCUT2D eigenvalue weighted by Crippen LogP contribution is -2.27. The quantitative estimate of drug-likeness (QED) is 0.824. The summed E-state index contributed by atoms with van der Waals surface area (Å²) in [5.74, 6) is -0.113. The molecule has 3 N–H and O–H groups in total. The zero-order valence-corrected chi connectivity index (χ0v) is 11.0. The van der Waals surface area contributed by atoms with E-state index in [0.717, 1.165) is 16.8 Å². The van der Waals surface area contributed by atoms with E-state index in [1.54, 1.807) is 0 Å². The summed E-state index contributed by atoms with van der Waals surface area (Å²) in [6.45, 7) is 2.43. The molecule has 0 heterocycles. The van der Waals surface area contributed by atoms with Crippen molar-refractivity contribution in [2.24, 2.45) is 0 Å². The van der Waals surface area contributed by atoms with Crippen LogP contribution in [0.15, 0.2) is 54.6 Å². The standard InChI is InChI=1S/C16H18N2O/c1-12(14-5-3-2-4-6-14)16(19)18-11-13-7-9-15(17)10-8-13/h2-10,12H,11,17H2,1H3,(H,18,19). The molecule has 1 amide bonds. The minimum atomic E-state index is -0.144. The highest BCUT2D eigenvalue weighted by atomic mass is 16.1. The van der Waals surface area contributed by atoms with E-state index < -0.39 is 0 Å². The number of hydrogen-bond acceptors (Lipinski definition) is 2. The van der Waals surface area contributed by atoms with Crippen LogP contribution in [-0.2, 0) is 11.3 Å². The second kappa shape index (κ2) is 6.05. The fourth-order valence-electron chi connectivity index (χ4n) is 1.87. The van der Waals surface area contributed by atoms with Crippen molar-refractivity contribution in [2.75, 3.05) is 5.73 Å². The third-order valence-corrected chi connectivity index (χ3v) is 3.14. The first-order valence-electron chi connectivity index (χ1n) is 6.34. The smallest absolute Gasteiger partial charge is 0.227 e. The van der Waals surface area contributed by atoms with E-state index in [0.29, 0.717) is 6.54 Å². The largest absolute Gasteiger partial charge is 0.399 e. The molecule has 0 fully saturated rings. The minimum absolute atomic E-state index is 0.0306. The molecule has 0 aliphatic carbocycles. The van der Waals surface area contributed by atoms with Crippen molar-refractivity contribution in [2.45, 2.75) is 19.4 Å². The van der Waals surface area contributed by atoms with Crippen LogP contribution in [0, 0.1) is 0 Å². The van der Waals surface area contributed by atoms with Crippen molar-refractivity contribution in [3.05, 3.63) is 65.7 Å². The first-order chi connectivity index (χ1) is 9.16. The molecule has 0 aliphatic heterocycles. The van der Waals surface area contributed by atoms with Crippen LogP contribution in [0.4, 0.5) is 5.69 Å². The number of anilines is 1. The SMILES string of the molecule is CC(C(=O)NCc1ccc(N)cc1)c1ccccc1. The van der Waals surface area contributed by atoms with Gasteiger partial charge in [-0.2, -0.15) is 0 Å². The predicted molar refractivity (Wildman–Crippen MR) is 77.6 cm³/mol. The number of carbonyl (C=O) groups is 1. The van der Waals surface area contributed by atoms with Gasteiger partial charge in [0, 0.05) is 12.2 Å². The van der Waals surface area contributed by atoms with Crippen LogP contribution in [-0.4, -0.2) is 5.91 Å². The van der Waals surface area contributed by atoms with Crippen molar-refractivity contribution >= 4 is 11.6 Å². The predicted octanol–water partition coefficient (Wildman–Crippen LogP) is 2.69. The number of benzene rings is 2. The van der Waals surface area contributed by atoms with E-state index >= 15 is 0 Å². The third kappa shape index (κ3) is 3.58. The van der Waals surface area contributed by atoms with E-state index in [4.69, 9.17) is 5.73 Å². The van der Waals surface area contributed by atoms with Crippen LogP contribution in [0.1, 0.15) is 24.0 Å². The minimum Gasteiger partial charge on any atom is -0.399 e. The number of rotatable bonds is 4. The summed E-state index contributed by atoms with van der Waals surface area (Å²) in [5.41, 5.74) is 8.42. The Morgan fingerprint density at radius 2 is 1.74 bits per heavy atom. The maximum atomic E-state index is 12.0. The van der Waals surface area contributed by atoms with Gasteiger partial charge in [-0.25, -0.2) is 0 Å². The van der Waals surface area contributed by atoms with E-state index in [-0.39, 0.29) is 11.8 Å². The monoisotopic (exact) mass is 254 g/mol. The number of hydrogen-bond donors (Lipinski definition) is 2. The van der Waals surface area contributed by atoms with Gasteiger partial charge >= 0.3 is 0 Å². The Balaban J connectivity index is 1.93. The molecule has 3 heteroatoms.